The lowest BCUT2D eigenvalue weighted by Gasteiger charge is -2.17. The highest BCUT2D eigenvalue weighted by Crippen LogP contribution is 2.30. The number of rotatable bonds is 3. The van der Waals surface area contributed by atoms with Crippen molar-refractivity contribution in [3.8, 4) is 0 Å². The number of hydrogen-bond acceptors (Lipinski definition) is 3. The summed E-state index contributed by atoms with van der Waals surface area (Å²) in [5.74, 6) is -0.526. The number of imide groups is 1. The third-order valence-corrected chi connectivity index (χ3v) is 3.95. The molecule has 2 aromatic rings. The number of halogens is 1. The monoisotopic (exact) mass is 314 g/mol. The van der Waals surface area contributed by atoms with E-state index in [0.717, 1.165) is 16.2 Å². The Hall–Kier alpha value is -2.33. The van der Waals surface area contributed by atoms with Crippen molar-refractivity contribution in [2.45, 2.75) is 19.4 Å². The van der Waals surface area contributed by atoms with Gasteiger partial charge in [0.05, 0.1) is 17.1 Å². The summed E-state index contributed by atoms with van der Waals surface area (Å²) in [6, 6.07) is 14.0. The maximum absolute atomic E-state index is 12.5. The number of benzene rings is 2. The highest BCUT2D eigenvalue weighted by molar-refractivity contribution is 6.36. The van der Waals surface area contributed by atoms with Crippen LogP contribution in [0.4, 0.5) is 11.4 Å². The Labute approximate surface area is 133 Å². The minimum atomic E-state index is -0.563. The summed E-state index contributed by atoms with van der Waals surface area (Å²) in [6.45, 7) is 1.99. The van der Waals surface area contributed by atoms with Gasteiger partial charge in [0.2, 0.25) is 5.91 Å². The number of aryl methyl sites for hydroxylation is 1. The second-order valence-electron chi connectivity index (χ2n) is 5.29. The van der Waals surface area contributed by atoms with Gasteiger partial charge in [0.1, 0.15) is 6.04 Å². The van der Waals surface area contributed by atoms with Gasteiger partial charge >= 0.3 is 0 Å². The molecule has 5 heteroatoms. The standard InChI is InChI=1S/C17H15ClN2O2/c1-11-6-8-12(9-7-11)19-14-10-16(21)20(17(14)22)15-5-3-2-4-13(15)18/h2-9,14,19H,10H2,1H3/t14-/m0/s1. The van der Waals surface area contributed by atoms with Crippen molar-refractivity contribution in [1.82, 2.24) is 0 Å². The second kappa shape index (κ2) is 5.81. The molecule has 4 nitrogen and oxygen atoms in total. The number of carbonyl (C=O) groups is 2. The molecule has 0 saturated carbocycles. The topological polar surface area (TPSA) is 49.4 Å². The fourth-order valence-corrected chi connectivity index (χ4v) is 2.70. The molecule has 22 heavy (non-hydrogen) atoms. The van der Waals surface area contributed by atoms with Gasteiger partial charge in [-0.15, -0.1) is 0 Å². The molecule has 0 radical (unpaired) electrons. The lowest BCUT2D eigenvalue weighted by molar-refractivity contribution is -0.121. The predicted molar refractivity (Wildman–Crippen MR) is 87.2 cm³/mol. The Bertz CT molecular complexity index is 728. The van der Waals surface area contributed by atoms with Gasteiger partial charge in [-0.2, -0.15) is 0 Å². The van der Waals surface area contributed by atoms with Crippen LogP contribution in [0.2, 0.25) is 5.02 Å². The summed E-state index contributed by atoms with van der Waals surface area (Å²) < 4.78 is 0. The minimum absolute atomic E-state index is 0.123. The molecule has 1 N–H and O–H groups in total. The van der Waals surface area contributed by atoms with Crippen molar-refractivity contribution >= 4 is 34.8 Å². The SMILES string of the molecule is Cc1ccc(N[C@H]2CC(=O)N(c3ccccc3Cl)C2=O)cc1. The van der Waals surface area contributed by atoms with Crippen molar-refractivity contribution in [3.63, 3.8) is 0 Å². The molecule has 0 aliphatic carbocycles. The van der Waals surface area contributed by atoms with Crippen molar-refractivity contribution in [1.29, 1.82) is 0 Å². The first kappa shape index (κ1) is 14.6. The Kier molecular flexibility index (Phi) is 3.86. The first-order chi connectivity index (χ1) is 10.6. The van der Waals surface area contributed by atoms with Gasteiger partial charge < -0.3 is 5.32 Å². The predicted octanol–water partition coefficient (Wildman–Crippen LogP) is 3.39. The number of anilines is 2. The largest absolute Gasteiger partial charge is 0.373 e. The molecule has 2 amide bonds. The summed E-state index contributed by atoms with van der Waals surface area (Å²) in [5, 5.41) is 3.50. The Balaban J connectivity index is 1.82. The van der Waals surface area contributed by atoms with Crippen LogP contribution < -0.4 is 10.2 Å². The minimum Gasteiger partial charge on any atom is -0.373 e. The average molecular weight is 315 g/mol. The molecule has 0 aromatic heterocycles. The van der Waals surface area contributed by atoms with Crippen LogP contribution in [0.3, 0.4) is 0 Å². The maximum atomic E-state index is 12.5. The summed E-state index contributed by atoms with van der Waals surface area (Å²) in [4.78, 5) is 25.9. The number of amides is 2. The molecule has 0 bridgehead atoms. The average Bonchev–Trinajstić information content (AvgIpc) is 2.77. The van der Waals surface area contributed by atoms with E-state index in [1.807, 2.05) is 31.2 Å². The van der Waals surface area contributed by atoms with Gasteiger partial charge in [-0.25, -0.2) is 4.90 Å². The lowest BCUT2D eigenvalue weighted by Crippen LogP contribution is -2.34. The van der Waals surface area contributed by atoms with Gasteiger partial charge in [-0.1, -0.05) is 41.4 Å². The smallest absolute Gasteiger partial charge is 0.256 e. The van der Waals surface area contributed by atoms with Crippen LogP contribution >= 0.6 is 11.6 Å². The molecule has 112 valence electrons. The molecule has 0 unspecified atom stereocenters. The molecule has 1 atom stereocenters. The molecular weight excluding hydrogens is 300 g/mol. The molecule has 3 rings (SSSR count). The van der Waals surface area contributed by atoms with E-state index < -0.39 is 6.04 Å². The number of para-hydroxylation sites is 1. The van der Waals surface area contributed by atoms with E-state index in [1.54, 1.807) is 24.3 Å². The third kappa shape index (κ3) is 2.70. The molecule has 1 fully saturated rings. The Morgan fingerprint density at radius 3 is 2.45 bits per heavy atom. The molecule has 1 heterocycles. The van der Waals surface area contributed by atoms with Crippen LogP contribution in [0.15, 0.2) is 48.5 Å². The van der Waals surface area contributed by atoms with E-state index in [0.29, 0.717) is 10.7 Å². The normalized spacial score (nSPS) is 17.9. The number of nitrogens with zero attached hydrogens (tertiary/aromatic N) is 1. The van der Waals surface area contributed by atoms with E-state index in [-0.39, 0.29) is 18.2 Å². The first-order valence-corrected chi connectivity index (χ1v) is 7.38. The van der Waals surface area contributed by atoms with Crippen LogP contribution in [0.25, 0.3) is 0 Å². The fourth-order valence-electron chi connectivity index (χ4n) is 2.48. The Morgan fingerprint density at radius 1 is 1.09 bits per heavy atom. The van der Waals surface area contributed by atoms with Crippen molar-refractivity contribution in [2.75, 3.05) is 10.2 Å². The van der Waals surface area contributed by atoms with Crippen LogP contribution in [0.1, 0.15) is 12.0 Å². The van der Waals surface area contributed by atoms with E-state index in [9.17, 15) is 9.59 Å². The Morgan fingerprint density at radius 2 is 1.77 bits per heavy atom. The fraction of sp³-hybridized carbons (Fsp3) is 0.176. The zero-order valence-corrected chi connectivity index (χ0v) is 12.8. The van der Waals surface area contributed by atoms with Crippen molar-refractivity contribution < 1.29 is 9.59 Å². The van der Waals surface area contributed by atoms with Gasteiger partial charge in [-0.05, 0) is 31.2 Å². The van der Waals surface area contributed by atoms with E-state index in [4.69, 9.17) is 11.6 Å². The summed E-state index contributed by atoms with van der Waals surface area (Å²) >= 11 is 6.09. The second-order valence-corrected chi connectivity index (χ2v) is 5.69. The van der Waals surface area contributed by atoms with E-state index >= 15 is 0 Å². The molecule has 0 spiro atoms. The van der Waals surface area contributed by atoms with Gasteiger partial charge in [0, 0.05) is 5.69 Å². The van der Waals surface area contributed by atoms with Gasteiger partial charge in [-0.3, -0.25) is 9.59 Å². The third-order valence-electron chi connectivity index (χ3n) is 3.63. The first-order valence-electron chi connectivity index (χ1n) is 7.01. The number of hydrogen-bond donors (Lipinski definition) is 1. The highest BCUT2D eigenvalue weighted by Gasteiger charge is 2.40. The zero-order valence-electron chi connectivity index (χ0n) is 12.0. The molecule has 1 saturated heterocycles. The van der Waals surface area contributed by atoms with Crippen LogP contribution in [0, 0.1) is 6.92 Å². The summed E-state index contributed by atoms with van der Waals surface area (Å²) in [6.07, 6.45) is 0.123. The lowest BCUT2D eigenvalue weighted by atomic mass is 10.2. The van der Waals surface area contributed by atoms with Crippen LogP contribution in [0.5, 0.6) is 0 Å². The van der Waals surface area contributed by atoms with Crippen LogP contribution in [-0.2, 0) is 9.59 Å². The quantitative estimate of drug-likeness (QED) is 0.883. The number of nitrogens with one attached hydrogen (secondary N) is 1. The highest BCUT2D eigenvalue weighted by atomic mass is 35.5. The summed E-state index contributed by atoms with van der Waals surface area (Å²) in [5.41, 5.74) is 2.39. The van der Waals surface area contributed by atoms with E-state index in [2.05, 4.69) is 5.32 Å². The van der Waals surface area contributed by atoms with Crippen molar-refractivity contribution in [3.05, 3.63) is 59.1 Å². The molecule has 2 aromatic carbocycles. The molecule has 1 aliphatic rings. The van der Waals surface area contributed by atoms with Gasteiger partial charge in [0.25, 0.3) is 5.91 Å². The maximum Gasteiger partial charge on any atom is 0.256 e. The van der Waals surface area contributed by atoms with E-state index in [1.165, 1.54) is 0 Å². The molecule has 1 aliphatic heterocycles. The zero-order chi connectivity index (χ0) is 15.7. The number of carbonyl (C=O) groups excluding carboxylic acids is 2. The van der Waals surface area contributed by atoms with Crippen molar-refractivity contribution in [2.24, 2.45) is 0 Å². The summed E-state index contributed by atoms with van der Waals surface area (Å²) in [7, 11) is 0. The van der Waals surface area contributed by atoms with Crippen LogP contribution in [-0.4, -0.2) is 17.9 Å². The van der Waals surface area contributed by atoms with Gasteiger partial charge in [0.15, 0.2) is 0 Å². The molecular formula is C17H15ClN2O2.